The first-order valence-corrected chi connectivity index (χ1v) is 27.5. The van der Waals surface area contributed by atoms with Crippen LogP contribution in [-0.4, -0.2) is 242 Å². The number of hydrogen-bond acceptors (Lipinski definition) is 24. The summed E-state index contributed by atoms with van der Waals surface area (Å²) >= 11 is 0. The molecule has 0 radical (unpaired) electrons. The van der Waals surface area contributed by atoms with Crippen LogP contribution in [0, 0.1) is 45.3 Å². The van der Waals surface area contributed by atoms with Crippen LogP contribution >= 0.6 is 0 Å². The molecule has 4 saturated heterocycles. The first-order valence-electron chi connectivity index (χ1n) is 27.5. The molecule has 8 fully saturated rings. The van der Waals surface area contributed by atoms with Gasteiger partial charge in [-0.1, -0.05) is 46.3 Å². The van der Waals surface area contributed by atoms with Gasteiger partial charge in [0.25, 0.3) is 0 Å². The third-order valence-corrected chi connectivity index (χ3v) is 20.7. The highest BCUT2D eigenvalue weighted by atomic mass is 16.9. The van der Waals surface area contributed by atoms with Crippen LogP contribution in [0.25, 0.3) is 0 Å². The molecule has 4 aliphatic heterocycles. The molecule has 0 spiro atoms. The highest BCUT2D eigenvalue weighted by molar-refractivity contribution is 5.21. The van der Waals surface area contributed by atoms with Crippen molar-refractivity contribution in [3.8, 4) is 0 Å². The fraction of sp³-hybridized carbons (Fsp3) is 0.962. The van der Waals surface area contributed by atoms with Crippen molar-refractivity contribution in [3.63, 3.8) is 0 Å². The Labute approximate surface area is 449 Å². The van der Waals surface area contributed by atoms with E-state index in [0.29, 0.717) is 51.4 Å². The van der Waals surface area contributed by atoms with Gasteiger partial charge in [-0.15, -0.1) is 0 Å². The van der Waals surface area contributed by atoms with Gasteiger partial charge in [-0.05, 0) is 124 Å². The van der Waals surface area contributed by atoms with Crippen molar-refractivity contribution >= 4 is 0 Å². The molecule has 8 rings (SSSR count). The fourth-order valence-corrected chi connectivity index (χ4v) is 16.0. The monoisotopic (exact) mass is 1110 g/mol. The van der Waals surface area contributed by atoms with Gasteiger partial charge in [-0.25, -0.2) is 0 Å². The molecule has 4 saturated carbocycles. The quantitative estimate of drug-likeness (QED) is 0.0444. The number of aliphatic hydroxyl groups excluding tert-OH is 16. The molecular formula is C53H90O24. The Balaban J connectivity index is 1.04. The second kappa shape index (κ2) is 22.7. The molecule has 4 aliphatic carbocycles. The summed E-state index contributed by atoms with van der Waals surface area (Å²) in [6.45, 7) is 14.5. The van der Waals surface area contributed by atoms with E-state index in [9.17, 15) is 81.7 Å². The maximum atomic E-state index is 12.8. The van der Waals surface area contributed by atoms with Crippen molar-refractivity contribution in [1.29, 1.82) is 0 Å². The molecule has 0 aromatic rings. The predicted molar refractivity (Wildman–Crippen MR) is 263 cm³/mol. The van der Waals surface area contributed by atoms with Crippen molar-refractivity contribution < 1.29 is 120 Å². The van der Waals surface area contributed by atoms with E-state index >= 15 is 0 Å². The molecule has 4 heterocycles. The summed E-state index contributed by atoms with van der Waals surface area (Å²) in [7, 11) is 0. The van der Waals surface area contributed by atoms with Crippen molar-refractivity contribution in [3.05, 3.63) is 11.6 Å². The molecule has 446 valence electrons. The third-order valence-electron chi connectivity index (χ3n) is 20.7. The van der Waals surface area contributed by atoms with Gasteiger partial charge >= 0.3 is 5.97 Å². The Morgan fingerprint density at radius 3 is 1.79 bits per heavy atom. The SMILES string of the molecule is CC(C)=CCC[C@](C)(O[C@@H]1O[C@H](CO[C@@H]2O[C@H](O)[C@@H](O)[C@H](O)[C@H]2O)[C@@H](O)[C@H](O)[C@H]1O)[C@H]1CC[C@]2(C)[C@@H]1C(O)C[C@@H]1[C@@]3(C)CCC(O[C@]4(O[C@@H]5O[C@H](CO)[C@@H](O)[C@H](O)[C@H]5O)O[C@H](CO)[C@@H](O)[C@H](O)[C@H]4O)C(C)(C)[C@@H]3CC[C@]12C. The molecule has 0 aromatic carbocycles. The van der Waals surface area contributed by atoms with Crippen LogP contribution in [0.2, 0.25) is 0 Å². The molecule has 0 bridgehead atoms. The van der Waals surface area contributed by atoms with Gasteiger partial charge in [0, 0.05) is 0 Å². The van der Waals surface area contributed by atoms with Crippen molar-refractivity contribution in [2.45, 2.75) is 254 Å². The molecular weight excluding hydrogens is 1020 g/mol. The van der Waals surface area contributed by atoms with Crippen LogP contribution < -0.4 is 0 Å². The summed E-state index contributed by atoms with van der Waals surface area (Å²) in [6, 6.07) is 0. The summed E-state index contributed by atoms with van der Waals surface area (Å²) in [5.74, 6) is -3.54. The lowest BCUT2D eigenvalue weighted by Crippen LogP contribution is -2.72. The zero-order valence-corrected chi connectivity index (χ0v) is 45.4. The first-order chi connectivity index (χ1) is 35.9. The Hall–Kier alpha value is -1.22. The average molecular weight is 1110 g/mol. The summed E-state index contributed by atoms with van der Waals surface area (Å²) in [5, 5.41) is 174. The average Bonchev–Trinajstić information content (AvgIpc) is 4.02. The lowest BCUT2D eigenvalue weighted by atomic mass is 9.35. The first kappa shape index (κ1) is 61.8. The van der Waals surface area contributed by atoms with E-state index in [0.717, 1.165) is 12.0 Å². The highest BCUT2D eigenvalue weighted by Gasteiger charge is 2.73. The lowest BCUT2D eigenvalue weighted by molar-refractivity contribution is -0.511. The minimum atomic E-state index is -2.74. The minimum absolute atomic E-state index is 0.0496. The van der Waals surface area contributed by atoms with Gasteiger partial charge < -0.3 is 115 Å². The Morgan fingerprint density at radius 2 is 1.16 bits per heavy atom. The molecule has 24 heteroatoms. The molecule has 16 N–H and O–H groups in total. The van der Waals surface area contributed by atoms with Crippen molar-refractivity contribution in [2.24, 2.45) is 45.3 Å². The van der Waals surface area contributed by atoms with Gasteiger partial charge in [0.1, 0.15) is 85.5 Å². The van der Waals surface area contributed by atoms with E-state index in [1.165, 1.54) is 0 Å². The van der Waals surface area contributed by atoms with E-state index in [1.807, 2.05) is 34.6 Å². The van der Waals surface area contributed by atoms with Gasteiger partial charge in [-0.2, -0.15) is 0 Å². The van der Waals surface area contributed by atoms with Crippen LogP contribution in [0.1, 0.15) is 113 Å². The highest BCUT2D eigenvalue weighted by Crippen LogP contribution is 2.76. The van der Waals surface area contributed by atoms with Crippen LogP contribution in [0.3, 0.4) is 0 Å². The molecule has 0 amide bonds. The minimum Gasteiger partial charge on any atom is -0.394 e. The predicted octanol–water partition coefficient (Wildman–Crippen LogP) is -2.93. The van der Waals surface area contributed by atoms with E-state index in [1.54, 1.807) is 0 Å². The van der Waals surface area contributed by atoms with Crippen molar-refractivity contribution in [1.82, 2.24) is 0 Å². The van der Waals surface area contributed by atoms with Gasteiger partial charge in [0.15, 0.2) is 31.3 Å². The normalized spacial score (nSPS) is 53.6. The number of hydrogen-bond donors (Lipinski definition) is 16. The van der Waals surface area contributed by atoms with Crippen LogP contribution in [0.5, 0.6) is 0 Å². The Kier molecular flexibility index (Phi) is 18.3. The second-order valence-corrected chi connectivity index (χ2v) is 25.6. The maximum Gasteiger partial charge on any atom is 0.316 e. The smallest absolute Gasteiger partial charge is 0.316 e. The van der Waals surface area contributed by atoms with Gasteiger partial charge in [0.2, 0.25) is 0 Å². The van der Waals surface area contributed by atoms with Gasteiger partial charge in [0.05, 0.1) is 37.6 Å². The standard InChI is InChI=1S/C53H90O24/c1-22(2)10-9-14-52(8,76-46-41(66)36(61)34(59)27(72-46)21-70-45-40(65)37(62)39(64)44(69)73-45)23-11-16-51(7)31(23)24(56)18-29-49(5)15-13-30(48(3,4)28(49)12-17-50(29,51)6)75-53(43(68)38(63)33(58)26(20-55)74-53)77-47-42(67)35(60)32(57)25(19-54)71-47/h10,23-47,54-69H,9,11-21H2,1-8H3/t23-,24?,25+,26+,27+,28-,29+,30?,31-,32+,33+,34+,35-,36-,37-,38-,39-,40+,41+,42+,43+,44-,45+,46-,47-,49-,50+,51+,52-,53+/m0/s1. The van der Waals surface area contributed by atoms with Crippen LogP contribution in [-0.2, 0) is 37.9 Å². The van der Waals surface area contributed by atoms with E-state index in [-0.39, 0.29) is 29.1 Å². The summed E-state index contributed by atoms with van der Waals surface area (Å²) in [4.78, 5) is 0. The molecule has 30 atom stereocenters. The third kappa shape index (κ3) is 10.5. The van der Waals surface area contributed by atoms with Gasteiger partial charge in [-0.3, -0.25) is 4.74 Å². The number of aliphatic hydroxyl groups is 16. The number of allylic oxidation sites excluding steroid dienone is 2. The number of fused-ring (bicyclic) bond motifs is 5. The second-order valence-electron chi connectivity index (χ2n) is 25.6. The van der Waals surface area contributed by atoms with Crippen LogP contribution in [0.15, 0.2) is 11.6 Å². The zero-order valence-electron chi connectivity index (χ0n) is 45.4. The lowest BCUT2D eigenvalue weighted by Gasteiger charge is -2.71. The fourth-order valence-electron chi connectivity index (χ4n) is 16.0. The Bertz CT molecular complexity index is 2030. The molecule has 2 unspecified atom stereocenters. The molecule has 77 heavy (non-hydrogen) atoms. The molecule has 8 aliphatic rings. The maximum absolute atomic E-state index is 12.8. The van der Waals surface area contributed by atoms with Crippen molar-refractivity contribution in [2.75, 3.05) is 19.8 Å². The largest absolute Gasteiger partial charge is 0.394 e. The summed E-state index contributed by atoms with van der Waals surface area (Å²) < 4.78 is 48.4. The van der Waals surface area contributed by atoms with E-state index in [4.69, 9.17) is 37.9 Å². The number of rotatable bonds is 15. The summed E-state index contributed by atoms with van der Waals surface area (Å²) in [6.07, 6.45) is -28.3. The molecule has 0 aromatic heterocycles. The van der Waals surface area contributed by atoms with E-state index in [2.05, 4.69) is 26.8 Å². The summed E-state index contributed by atoms with van der Waals surface area (Å²) in [5.41, 5.74) is -2.11. The Morgan fingerprint density at radius 1 is 0.584 bits per heavy atom. The number of ether oxygens (including phenoxy) is 8. The molecule has 24 nitrogen and oxygen atoms in total. The topological polar surface area (TPSA) is 398 Å². The van der Waals surface area contributed by atoms with Crippen LogP contribution in [0.4, 0.5) is 0 Å². The van der Waals surface area contributed by atoms with E-state index < -0.39 is 177 Å². The zero-order chi connectivity index (χ0) is 56.9.